The third-order valence-electron chi connectivity index (χ3n) is 5.07. The standard InChI is InChI=1S/C17H26B/c1-5-6-7-13(2)17(3)11-10-14-8-9-15(18-4)12-16(14)17/h8-9,12-13H,5-7,10-11H2,1-4H3. The number of unbranched alkanes of at least 4 members (excludes halogenated alkanes) is 1. The first-order chi connectivity index (χ1) is 8.61. The zero-order valence-electron chi connectivity index (χ0n) is 12.4. The van der Waals surface area contributed by atoms with Crippen LogP contribution in [0.15, 0.2) is 18.2 Å². The van der Waals surface area contributed by atoms with Gasteiger partial charge in [0.1, 0.15) is 7.28 Å². The quantitative estimate of drug-likeness (QED) is 0.681. The van der Waals surface area contributed by atoms with E-state index in [1.54, 1.807) is 11.1 Å². The summed E-state index contributed by atoms with van der Waals surface area (Å²) in [7, 11) is 2.22. The summed E-state index contributed by atoms with van der Waals surface area (Å²) in [5, 5.41) is 0. The molecule has 2 atom stereocenters. The third kappa shape index (κ3) is 2.37. The molecule has 0 bridgehead atoms. The molecule has 1 aromatic carbocycles. The molecule has 0 saturated heterocycles. The van der Waals surface area contributed by atoms with Crippen molar-refractivity contribution in [3.63, 3.8) is 0 Å². The Labute approximate surface area is 113 Å². The van der Waals surface area contributed by atoms with Crippen molar-refractivity contribution in [2.24, 2.45) is 5.92 Å². The van der Waals surface area contributed by atoms with Gasteiger partial charge in [0, 0.05) is 0 Å². The first-order valence-corrected chi connectivity index (χ1v) is 7.54. The summed E-state index contributed by atoms with van der Waals surface area (Å²) in [6, 6.07) is 7.05. The lowest BCUT2D eigenvalue weighted by Crippen LogP contribution is -2.29. The van der Waals surface area contributed by atoms with E-state index in [1.807, 2.05) is 0 Å². The highest BCUT2D eigenvalue weighted by Gasteiger charge is 2.38. The molecule has 0 spiro atoms. The van der Waals surface area contributed by atoms with Gasteiger partial charge >= 0.3 is 0 Å². The molecular formula is C17H26B. The Morgan fingerprint density at radius 2 is 2.17 bits per heavy atom. The van der Waals surface area contributed by atoms with Gasteiger partial charge in [-0.15, -0.1) is 0 Å². The molecule has 97 valence electrons. The van der Waals surface area contributed by atoms with Gasteiger partial charge in [-0.05, 0) is 41.7 Å². The molecule has 0 amide bonds. The van der Waals surface area contributed by atoms with Crippen LogP contribution in [0.1, 0.15) is 57.6 Å². The maximum absolute atomic E-state index is 2.48. The van der Waals surface area contributed by atoms with Crippen LogP contribution < -0.4 is 5.46 Å². The molecule has 1 aliphatic rings. The van der Waals surface area contributed by atoms with Crippen molar-refractivity contribution in [1.29, 1.82) is 0 Å². The number of benzene rings is 1. The summed E-state index contributed by atoms with van der Waals surface area (Å²) in [6.45, 7) is 9.36. The van der Waals surface area contributed by atoms with Crippen molar-refractivity contribution in [2.45, 2.75) is 65.1 Å². The van der Waals surface area contributed by atoms with Gasteiger partial charge in [-0.2, -0.15) is 0 Å². The van der Waals surface area contributed by atoms with Crippen LogP contribution in [-0.2, 0) is 11.8 Å². The molecule has 0 aromatic heterocycles. The molecule has 0 nitrogen and oxygen atoms in total. The summed E-state index contributed by atoms with van der Waals surface area (Å²) in [5.41, 5.74) is 5.00. The Balaban J connectivity index is 2.27. The van der Waals surface area contributed by atoms with Gasteiger partial charge in [-0.1, -0.05) is 64.1 Å². The minimum absolute atomic E-state index is 0.406. The lowest BCUT2D eigenvalue weighted by atomic mass is 9.68. The Morgan fingerprint density at radius 1 is 1.39 bits per heavy atom. The minimum Gasteiger partial charge on any atom is -0.0878 e. The molecule has 0 aliphatic heterocycles. The Bertz CT molecular complexity index is 410. The molecule has 0 saturated carbocycles. The van der Waals surface area contributed by atoms with Gasteiger partial charge in [0.15, 0.2) is 0 Å². The SMILES string of the molecule is C[B]c1ccc2c(c1)C(C)(C(C)CCCC)CC2. The topological polar surface area (TPSA) is 0 Å². The fourth-order valence-corrected chi connectivity index (χ4v) is 3.39. The molecule has 18 heavy (non-hydrogen) atoms. The van der Waals surface area contributed by atoms with E-state index >= 15 is 0 Å². The fraction of sp³-hybridized carbons (Fsp3) is 0.647. The summed E-state index contributed by atoms with van der Waals surface area (Å²) in [6.07, 6.45) is 6.65. The molecule has 0 N–H and O–H groups in total. The first kappa shape index (κ1) is 13.7. The number of hydrogen-bond donors (Lipinski definition) is 0. The van der Waals surface area contributed by atoms with Crippen LogP contribution in [0.2, 0.25) is 6.82 Å². The molecular weight excluding hydrogens is 215 g/mol. The van der Waals surface area contributed by atoms with Crippen LogP contribution in [0.5, 0.6) is 0 Å². The van der Waals surface area contributed by atoms with Crippen LogP contribution in [0.4, 0.5) is 0 Å². The highest BCUT2D eigenvalue weighted by molar-refractivity contribution is 6.51. The monoisotopic (exact) mass is 241 g/mol. The summed E-state index contributed by atoms with van der Waals surface area (Å²) >= 11 is 0. The van der Waals surface area contributed by atoms with E-state index < -0.39 is 0 Å². The number of hydrogen-bond acceptors (Lipinski definition) is 0. The highest BCUT2D eigenvalue weighted by Crippen LogP contribution is 2.45. The molecule has 0 fully saturated rings. The van der Waals surface area contributed by atoms with Gasteiger partial charge in [0.25, 0.3) is 0 Å². The predicted octanol–water partition coefficient (Wildman–Crippen LogP) is 4.09. The molecule has 1 heteroatoms. The Kier molecular flexibility index (Phi) is 4.19. The Morgan fingerprint density at radius 3 is 2.83 bits per heavy atom. The smallest absolute Gasteiger partial charge is 0.0878 e. The predicted molar refractivity (Wildman–Crippen MR) is 82.1 cm³/mol. The number of aryl methyl sites for hydroxylation is 1. The van der Waals surface area contributed by atoms with Crippen LogP contribution in [0.3, 0.4) is 0 Å². The van der Waals surface area contributed by atoms with Crippen LogP contribution in [0.25, 0.3) is 0 Å². The molecule has 1 aliphatic carbocycles. The maximum Gasteiger partial charge on any atom is 0.148 e. The average molecular weight is 241 g/mol. The second-order valence-corrected chi connectivity index (χ2v) is 6.17. The van der Waals surface area contributed by atoms with Gasteiger partial charge in [-0.25, -0.2) is 0 Å². The highest BCUT2D eigenvalue weighted by atomic mass is 14.4. The van der Waals surface area contributed by atoms with E-state index in [0.29, 0.717) is 5.41 Å². The molecule has 0 heterocycles. The van der Waals surface area contributed by atoms with Crippen molar-refractivity contribution in [2.75, 3.05) is 0 Å². The fourth-order valence-electron chi connectivity index (χ4n) is 3.39. The van der Waals surface area contributed by atoms with E-state index in [1.165, 1.54) is 37.6 Å². The lowest BCUT2D eigenvalue weighted by Gasteiger charge is -2.33. The third-order valence-corrected chi connectivity index (χ3v) is 5.07. The zero-order valence-corrected chi connectivity index (χ0v) is 12.4. The van der Waals surface area contributed by atoms with Crippen molar-refractivity contribution in [1.82, 2.24) is 0 Å². The van der Waals surface area contributed by atoms with Gasteiger partial charge < -0.3 is 0 Å². The molecule has 1 aromatic rings. The van der Waals surface area contributed by atoms with E-state index in [9.17, 15) is 0 Å². The Hall–Kier alpha value is -0.715. The van der Waals surface area contributed by atoms with Crippen molar-refractivity contribution >= 4 is 12.7 Å². The van der Waals surface area contributed by atoms with E-state index in [0.717, 1.165) is 5.92 Å². The van der Waals surface area contributed by atoms with Gasteiger partial charge in [-0.3, -0.25) is 0 Å². The normalized spacial score (nSPS) is 23.8. The average Bonchev–Trinajstić information content (AvgIpc) is 2.74. The summed E-state index contributed by atoms with van der Waals surface area (Å²) in [5.74, 6) is 0.797. The first-order valence-electron chi connectivity index (χ1n) is 7.54. The van der Waals surface area contributed by atoms with Crippen LogP contribution in [0, 0.1) is 5.92 Å². The lowest BCUT2D eigenvalue weighted by molar-refractivity contribution is 0.289. The minimum atomic E-state index is 0.406. The second-order valence-electron chi connectivity index (χ2n) is 6.17. The van der Waals surface area contributed by atoms with Crippen LogP contribution >= 0.6 is 0 Å². The summed E-state index contributed by atoms with van der Waals surface area (Å²) < 4.78 is 0. The van der Waals surface area contributed by atoms with E-state index in [4.69, 9.17) is 0 Å². The van der Waals surface area contributed by atoms with Crippen LogP contribution in [-0.4, -0.2) is 7.28 Å². The van der Waals surface area contributed by atoms with Crippen molar-refractivity contribution in [3.8, 4) is 0 Å². The number of rotatable bonds is 5. The molecule has 2 unspecified atom stereocenters. The maximum atomic E-state index is 2.48. The van der Waals surface area contributed by atoms with E-state index in [2.05, 4.69) is 53.1 Å². The second kappa shape index (κ2) is 5.51. The van der Waals surface area contributed by atoms with Crippen molar-refractivity contribution < 1.29 is 0 Å². The molecule has 2 rings (SSSR count). The van der Waals surface area contributed by atoms with Crippen molar-refractivity contribution in [3.05, 3.63) is 29.3 Å². The number of fused-ring (bicyclic) bond motifs is 1. The van der Waals surface area contributed by atoms with E-state index in [-0.39, 0.29) is 0 Å². The largest absolute Gasteiger partial charge is 0.148 e. The molecule has 1 radical (unpaired) electrons. The zero-order chi connectivity index (χ0) is 13.2. The van der Waals surface area contributed by atoms with Gasteiger partial charge in [0.2, 0.25) is 0 Å². The van der Waals surface area contributed by atoms with Gasteiger partial charge in [0.05, 0.1) is 0 Å². The summed E-state index contributed by atoms with van der Waals surface area (Å²) in [4.78, 5) is 0.